The topological polar surface area (TPSA) is 78.1 Å². The summed E-state index contributed by atoms with van der Waals surface area (Å²) >= 11 is 1.46. The van der Waals surface area contributed by atoms with E-state index in [0.29, 0.717) is 17.0 Å². The Morgan fingerprint density at radius 3 is 3.07 bits per heavy atom. The molecule has 0 amide bonds. The minimum Gasteiger partial charge on any atom is -0.443 e. The van der Waals surface area contributed by atoms with E-state index in [0.717, 1.165) is 4.88 Å². The van der Waals surface area contributed by atoms with Gasteiger partial charge < -0.3 is 14.6 Å². The molecule has 0 saturated carbocycles. The van der Waals surface area contributed by atoms with Gasteiger partial charge in [0.25, 0.3) is 0 Å². The van der Waals surface area contributed by atoms with Crippen molar-refractivity contribution in [2.24, 2.45) is 0 Å². The fourth-order valence-electron chi connectivity index (χ4n) is 1.19. The standard InChI is InChI=1S/C8H5N3O2S/c9-7-6-4(2-12-7)13-8(11-6)5-1-10-3-14-5/h1-3H,9H2. The number of anilines is 1. The maximum atomic E-state index is 5.54. The molecule has 0 radical (unpaired) electrons. The highest BCUT2D eigenvalue weighted by atomic mass is 32.1. The van der Waals surface area contributed by atoms with Gasteiger partial charge in [-0.25, -0.2) is 4.98 Å². The van der Waals surface area contributed by atoms with E-state index in [2.05, 4.69) is 9.97 Å². The van der Waals surface area contributed by atoms with Crippen LogP contribution in [0.4, 0.5) is 5.88 Å². The molecule has 5 nitrogen and oxygen atoms in total. The third-order valence-corrected chi connectivity index (χ3v) is 2.58. The summed E-state index contributed by atoms with van der Waals surface area (Å²) in [6.07, 6.45) is 3.14. The molecule has 14 heavy (non-hydrogen) atoms. The average molecular weight is 207 g/mol. The second kappa shape index (κ2) is 2.58. The first-order valence-corrected chi connectivity index (χ1v) is 4.75. The van der Waals surface area contributed by atoms with Crippen LogP contribution in [0.25, 0.3) is 21.9 Å². The Morgan fingerprint density at radius 2 is 2.36 bits per heavy atom. The monoisotopic (exact) mass is 207 g/mol. The van der Waals surface area contributed by atoms with Gasteiger partial charge in [-0.3, -0.25) is 4.98 Å². The lowest BCUT2D eigenvalue weighted by Gasteiger charge is -1.84. The van der Waals surface area contributed by atoms with Crippen LogP contribution in [0.5, 0.6) is 0 Å². The van der Waals surface area contributed by atoms with Gasteiger partial charge in [0.2, 0.25) is 11.8 Å². The number of nitrogen functional groups attached to an aromatic ring is 1. The molecule has 0 aliphatic heterocycles. The molecule has 3 aromatic heterocycles. The lowest BCUT2D eigenvalue weighted by atomic mass is 10.5. The molecule has 0 unspecified atom stereocenters. The van der Waals surface area contributed by atoms with Crippen molar-refractivity contribution in [1.29, 1.82) is 0 Å². The molecule has 0 aliphatic rings. The Kier molecular flexibility index (Phi) is 1.40. The Morgan fingerprint density at radius 1 is 1.43 bits per heavy atom. The molecule has 0 bridgehead atoms. The fraction of sp³-hybridized carbons (Fsp3) is 0. The molecule has 2 N–H and O–H groups in total. The van der Waals surface area contributed by atoms with Crippen LogP contribution in [0.1, 0.15) is 0 Å². The highest BCUT2D eigenvalue weighted by Gasteiger charge is 2.13. The number of furan rings is 1. The van der Waals surface area contributed by atoms with E-state index in [4.69, 9.17) is 14.6 Å². The number of fused-ring (bicyclic) bond motifs is 1. The van der Waals surface area contributed by atoms with Crippen molar-refractivity contribution in [3.8, 4) is 10.8 Å². The molecule has 3 rings (SSSR count). The first-order chi connectivity index (χ1) is 6.84. The Balaban J connectivity index is 2.24. The third-order valence-electron chi connectivity index (χ3n) is 1.82. The number of hydrogen-bond acceptors (Lipinski definition) is 6. The lowest BCUT2D eigenvalue weighted by Crippen LogP contribution is -1.80. The van der Waals surface area contributed by atoms with Crippen molar-refractivity contribution in [1.82, 2.24) is 9.97 Å². The number of nitrogens with two attached hydrogens (primary N) is 1. The van der Waals surface area contributed by atoms with E-state index in [1.165, 1.54) is 17.6 Å². The summed E-state index contributed by atoms with van der Waals surface area (Å²) < 4.78 is 10.4. The Bertz CT molecular complexity index is 566. The van der Waals surface area contributed by atoms with Gasteiger partial charge in [0.15, 0.2) is 11.1 Å². The van der Waals surface area contributed by atoms with Crippen molar-refractivity contribution in [2.45, 2.75) is 0 Å². The maximum absolute atomic E-state index is 5.54. The van der Waals surface area contributed by atoms with E-state index >= 15 is 0 Å². The number of hydrogen-bond donors (Lipinski definition) is 1. The lowest BCUT2D eigenvalue weighted by molar-refractivity contribution is 0.562. The summed E-state index contributed by atoms with van der Waals surface area (Å²) in [5, 5.41) is 0. The second-order valence-electron chi connectivity index (χ2n) is 2.70. The summed E-state index contributed by atoms with van der Waals surface area (Å²) in [4.78, 5) is 9.01. The van der Waals surface area contributed by atoms with Crippen molar-refractivity contribution >= 4 is 28.3 Å². The number of rotatable bonds is 1. The SMILES string of the molecule is Nc1occ2oc(-c3cncs3)nc12. The molecule has 3 aromatic rings. The number of aromatic nitrogens is 2. The molecule has 0 aliphatic carbocycles. The van der Waals surface area contributed by atoms with Gasteiger partial charge in [-0.05, 0) is 0 Å². The van der Waals surface area contributed by atoms with Crippen LogP contribution in [0.2, 0.25) is 0 Å². The van der Waals surface area contributed by atoms with Gasteiger partial charge in [-0.15, -0.1) is 11.3 Å². The quantitative estimate of drug-likeness (QED) is 0.661. The summed E-state index contributed by atoms with van der Waals surface area (Å²) in [6, 6.07) is 0. The van der Waals surface area contributed by atoms with E-state index in [-0.39, 0.29) is 5.88 Å². The van der Waals surface area contributed by atoms with Crippen LogP contribution in [-0.4, -0.2) is 9.97 Å². The summed E-state index contributed by atoms with van der Waals surface area (Å²) in [5.74, 6) is 0.805. The van der Waals surface area contributed by atoms with Gasteiger partial charge in [0.05, 0.1) is 11.7 Å². The minimum absolute atomic E-state index is 0.277. The van der Waals surface area contributed by atoms with Crippen molar-refractivity contribution in [2.75, 3.05) is 5.73 Å². The van der Waals surface area contributed by atoms with Gasteiger partial charge in [-0.2, -0.15) is 0 Å². The zero-order chi connectivity index (χ0) is 9.54. The Labute approximate surface area is 82.2 Å². The normalized spacial score (nSPS) is 11.1. The second-order valence-corrected chi connectivity index (χ2v) is 3.58. The zero-order valence-electron chi connectivity index (χ0n) is 6.93. The van der Waals surface area contributed by atoms with Crippen molar-refractivity contribution in [3.05, 3.63) is 18.0 Å². The highest BCUT2D eigenvalue weighted by molar-refractivity contribution is 7.13. The van der Waals surface area contributed by atoms with Crippen LogP contribution >= 0.6 is 11.3 Å². The molecule has 0 aromatic carbocycles. The van der Waals surface area contributed by atoms with E-state index in [9.17, 15) is 0 Å². The van der Waals surface area contributed by atoms with E-state index in [1.807, 2.05) is 0 Å². The van der Waals surface area contributed by atoms with Crippen LogP contribution in [0.3, 0.4) is 0 Å². The maximum Gasteiger partial charge on any atom is 0.239 e. The van der Waals surface area contributed by atoms with Gasteiger partial charge in [0.1, 0.15) is 11.1 Å². The van der Waals surface area contributed by atoms with Gasteiger partial charge in [-0.1, -0.05) is 0 Å². The number of oxazole rings is 1. The number of nitrogens with zero attached hydrogens (tertiary/aromatic N) is 2. The molecule has 0 saturated heterocycles. The molecular weight excluding hydrogens is 202 g/mol. The predicted molar refractivity (Wildman–Crippen MR) is 51.8 cm³/mol. The van der Waals surface area contributed by atoms with Crippen LogP contribution < -0.4 is 5.73 Å². The molecule has 0 spiro atoms. The van der Waals surface area contributed by atoms with Crippen LogP contribution in [0, 0.1) is 0 Å². The predicted octanol–water partition coefficient (Wildman–Crippen LogP) is 2.13. The Hall–Kier alpha value is -1.82. The smallest absolute Gasteiger partial charge is 0.239 e. The summed E-state index contributed by atoms with van der Waals surface area (Å²) in [7, 11) is 0. The van der Waals surface area contributed by atoms with E-state index in [1.54, 1.807) is 11.7 Å². The average Bonchev–Trinajstić information content (AvgIpc) is 2.83. The fourth-order valence-corrected chi connectivity index (χ4v) is 1.73. The molecular formula is C8H5N3O2S. The van der Waals surface area contributed by atoms with Gasteiger partial charge in [0, 0.05) is 0 Å². The first-order valence-electron chi connectivity index (χ1n) is 3.87. The highest BCUT2D eigenvalue weighted by Crippen LogP contribution is 2.30. The molecule has 6 heteroatoms. The minimum atomic E-state index is 0.277. The number of thiazole rings is 1. The summed E-state index contributed by atoms with van der Waals surface area (Å²) in [5.41, 5.74) is 8.39. The molecule has 0 atom stereocenters. The molecule has 3 heterocycles. The van der Waals surface area contributed by atoms with Crippen molar-refractivity contribution in [3.63, 3.8) is 0 Å². The summed E-state index contributed by atoms with van der Waals surface area (Å²) in [6.45, 7) is 0. The first kappa shape index (κ1) is 7.57. The van der Waals surface area contributed by atoms with Crippen LogP contribution in [-0.2, 0) is 0 Å². The molecule has 0 fully saturated rings. The molecule has 70 valence electrons. The van der Waals surface area contributed by atoms with E-state index < -0.39 is 0 Å². The van der Waals surface area contributed by atoms with Crippen molar-refractivity contribution < 1.29 is 8.83 Å². The van der Waals surface area contributed by atoms with Gasteiger partial charge >= 0.3 is 0 Å². The zero-order valence-corrected chi connectivity index (χ0v) is 7.75. The third kappa shape index (κ3) is 0.942. The largest absolute Gasteiger partial charge is 0.443 e. The van der Waals surface area contributed by atoms with Crippen LogP contribution in [0.15, 0.2) is 26.8 Å².